The minimum Gasteiger partial charge on any atom is -0.491 e. The first-order valence-electron chi connectivity index (χ1n) is 8.19. The van der Waals surface area contributed by atoms with Crippen LogP contribution in [0.4, 0.5) is 0 Å². The number of halogens is 1. The molecule has 0 aliphatic carbocycles. The lowest BCUT2D eigenvalue weighted by molar-refractivity contribution is 0.0733. The average Bonchev–Trinajstić information content (AvgIpc) is 2.56. The van der Waals surface area contributed by atoms with Crippen LogP contribution in [0.2, 0.25) is 0 Å². The van der Waals surface area contributed by atoms with Crippen molar-refractivity contribution in [2.45, 2.75) is 46.1 Å². The van der Waals surface area contributed by atoms with E-state index < -0.39 is 0 Å². The van der Waals surface area contributed by atoms with Crippen LogP contribution in [0.25, 0.3) is 0 Å². The summed E-state index contributed by atoms with van der Waals surface area (Å²) in [6.07, 6.45) is 1.17. The third-order valence-electron chi connectivity index (χ3n) is 3.80. The summed E-state index contributed by atoms with van der Waals surface area (Å²) in [4.78, 5) is 12.3. The highest BCUT2D eigenvalue weighted by Crippen LogP contribution is 2.30. The standard InChI is InChI=1S/C20H23BrO3/c1-5-14(4)16-8-11-19(18(21)12-16)24-20(22)15-6-9-17(10-7-15)23-13(2)3/h6-14H,5H2,1-4H3. The highest BCUT2D eigenvalue weighted by atomic mass is 79.9. The van der Waals surface area contributed by atoms with Gasteiger partial charge in [-0.25, -0.2) is 4.79 Å². The Hall–Kier alpha value is -1.81. The highest BCUT2D eigenvalue weighted by molar-refractivity contribution is 9.10. The van der Waals surface area contributed by atoms with Gasteiger partial charge < -0.3 is 9.47 Å². The molecule has 2 aromatic carbocycles. The zero-order valence-corrected chi connectivity index (χ0v) is 16.1. The van der Waals surface area contributed by atoms with Crippen LogP contribution < -0.4 is 9.47 Å². The molecule has 1 atom stereocenters. The normalized spacial score (nSPS) is 12.1. The second-order valence-electron chi connectivity index (χ2n) is 6.08. The van der Waals surface area contributed by atoms with Gasteiger partial charge in [-0.3, -0.25) is 0 Å². The Bertz CT molecular complexity index is 693. The SMILES string of the molecule is CCC(C)c1ccc(OC(=O)c2ccc(OC(C)C)cc2)c(Br)c1. The second-order valence-corrected chi connectivity index (χ2v) is 6.93. The topological polar surface area (TPSA) is 35.5 Å². The van der Waals surface area contributed by atoms with E-state index in [1.54, 1.807) is 24.3 Å². The van der Waals surface area contributed by atoms with Gasteiger partial charge in [0.25, 0.3) is 0 Å². The molecule has 0 saturated carbocycles. The summed E-state index contributed by atoms with van der Waals surface area (Å²) in [6, 6.07) is 12.8. The summed E-state index contributed by atoms with van der Waals surface area (Å²) in [6.45, 7) is 8.25. The lowest BCUT2D eigenvalue weighted by Gasteiger charge is -2.12. The smallest absolute Gasteiger partial charge is 0.343 e. The molecular formula is C20H23BrO3. The monoisotopic (exact) mass is 390 g/mol. The first-order chi connectivity index (χ1) is 11.4. The number of benzene rings is 2. The highest BCUT2D eigenvalue weighted by Gasteiger charge is 2.13. The Morgan fingerprint density at radius 2 is 1.75 bits per heavy atom. The Morgan fingerprint density at radius 1 is 1.08 bits per heavy atom. The van der Waals surface area contributed by atoms with Crippen molar-refractivity contribution >= 4 is 21.9 Å². The van der Waals surface area contributed by atoms with Crippen LogP contribution in [0.1, 0.15) is 56.0 Å². The Morgan fingerprint density at radius 3 is 2.29 bits per heavy atom. The maximum absolute atomic E-state index is 12.3. The molecule has 0 fully saturated rings. The molecule has 128 valence electrons. The van der Waals surface area contributed by atoms with Gasteiger partial charge in [0.1, 0.15) is 11.5 Å². The Balaban J connectivity index is 2.09. The van der Waals surface area contributed by atoms with E-state index in [2.05, 4.69) is 29.8 Å². The molecule has 1 unspecified atom stereocenters. The van der Waals surface area contributed by atoms with Crippen molar-refractivity contribution in [1.29, 1.82) is 0 Å². The van der Waals surface area contributed by atoms with Crippen molar-refractivity contribution in [3.63, 3.8) is 0 Å². The third kappa shape index (κ3) is 4.84. The summed E-state index contributed by atoms with van der Waals surface area (Å²) in [7, 11) is 0. The molecule has 2 aromatic rings. The number of carbonyl (C=O) groups excluding carboxylic acids is 1. The molecule has 0 amide bonds. The van der Waals surface area contributed by atoms with Crippen LogP contribution in [-0.2, 0) is 0 Å². The quantitative estimate of drug-likeness (QED) is 0.450. The van der Waals surface area contributed by atoms with Crippen LogP contribution in [0.15, 0.2) is 46.9 Å². The maximum atomic E-state index is 12.3. The van der Waals surface area contributed by atoms with Crippen LogP contribution in [0.5, 0.6) is 11.5 Å². The maximum Gasteiger partial charge on any atom is 0.343 e. The van der Waals surface area contributed by atoms with E-state index in [9.17, 15) is 4.79 Å². The molecule has 4 heteroatoms. The summed E-state index contributed by atoms with van der Waals surface area (Å²) < 4.78 is 11.9. The van der Waals surface area contributed by atoms with E-state index in [1.165, 1.54) is 5.56 Å². The molecule has 0 heterocycles. The number of hydrogen-bond acceptors (Lipinski definition) is 3. The van der Waals surface area contributed by atoms with Crippen LogP contribution >= 0.6 is 15.9 Å². The number of ether oxygens (including phenoxy) is 2. The first kappa shape index (κ1) is 18.5. The summed E-state index contributed by atoms with van der Waals surface area (Å²) >= 11 is 3.49. The van der Waals surface area contributed by atoms with Gasteiger partial charge in [-0.1, -0.05) is 19.9 Å². The van der Waals surface area contributed by atoms with E-state index >= 15 is 0 Å². The van der Waals surface area contributed by atoms with Gasteiger partial charge in [-0.15, -0.1) is 0 Å². The number of hydrogen-bond donors (Lipinski definition) is 0. The lowest BCUT2D eigenvalue weighted by atomic mass is 9.99. The van der Waals surface area contributed by atoms with Crippen LogP contribution in [-0.4, -0.2) is 12.1 Å². The summed E-state index contributed by atoms with van der Waals surface area (Å²) in [5.74, 6) is 1.35. The van der Waals surface area contributed by atoms with Crippen molar-refractivity contribution < 1.29 is 14.3 Å². The number of esters is 1. The molecule has 0 aliphatic heterocycles. The van der Waals surface area contributed by atoms with E-state index in [0.717, 1.165) is 16.6 Å². The Labute approximate surface area is 152 Å². The Kier molecular flexibility index (Phi) is 6.44. The van der Waals surface area contributed by atoms with E-state index in [-0.39, 0.29) is 12.1 Å². The third-order valence-corrected chi connectivity index (χ3v) is 4.42. The predicted molar refractivity (Wildman–Crippen MR) is 100 cm³/mol. The van der Waals surface area contributed by atoms with Crippen molar-refractivity contribution in [2.24, 2.45) is 0 Å². The molecule has 0 spiro atoms. The molecular weight excluding hydrogens is 368 g/mol. The van der Waals surface area contributed by atoms with Crippen molar-refractivity contribution in [1.82, 2.24) is 0 Å². The predicted octanol–water partition coefficient (Wildman–Crippen LogP) is 5.97. The number of carbonyl (C=O) groups is 1. The second kappa shape index (κ2) is 8.34. The molecule has 0 aliphatic rings. The molecule has 0 saturated heterocycles. The fourth-order valence-electron chi connectivity index (χ4n) is 2.24. The van der Waals surface area contributed by atoms with Crippen molar-refractivity contribution in [3.8, 4) is 11.5 Å². The minimum atomic E-state index is -0.386. The fourth-order valence-corrected chi connectivity index (χ4v) is 2.72. The van der Waals surface area contributed by atoms with Crippen molar-refractivity contribution in [2.75, 3.05) is 0 Å². The fraction of sp³-hybridized carbons (Fsp3) is 0.350. The summed E-state index contributed by atoms with van der Waals surface area (Å²) in [5, 5.41) is 0. The summed E-state index contributed by atoms with van der Waals surface area (Å²) in [5.41, 5.74) is 1.71. The molecule has 24 heavy (non-hydrogen) atoms. The molecule has 0 bridgehead atoms. The van der Waals surface area contributed by atoms with Gasteiger partial charge in [0.05, 0.1) is 16.1 Å². The first-order valence-corrected chi connectivity index (χ1v) is 8.98. The van der Waals surface area contributed by atoms with Gasteiger partial charge in [0, 0.05) is 0 Å². The molecule has 3 nitrogen and oxygen atoms in total. The zero-order valence-electron chi connectivity index (χ0n) is 14.5. The largest absolute Gasteiger partial charge is 0.491 e. The van der Waals surface area contributed by atoms with E-state index in [1.807, 2.05) is 32.0 Å². The molecule has 0 N–H and O–H groups in total. The van der Waals surface area contributed by atoms with Gasteiger partial charge in [0.15, 0.2) is 0 Å². The molecule has 0 aromatic heterocycles. The average molecular weight is 391 g/mol. The van der Waals surface area contributed by atoms with E-state index in [0.29, 0.717) is 17.2 Å². The van der Waals surface area contributed by atoms with Crippen LogP contribution in [0, 0.1) is 0 Å². The van der Waals surface area contributed by atoms with E-state index in [4.69, 9.17) is 9.47 Å². The van der Waals surface area contributed by atoms with Crippen molar-refractivity contribution in [3.05, 3.63) is 58.1 Å². The van der Waals surface area contributed by atoms with Gasteiger partial charge in [-0.2, -0.15) is 0 Å². The zero-order chi connectivity index (χ0) is 17.7. The number of rotatable bonds is 6. The van der Waals surface area contributed by atoms with Gasteiger partial charge in [0.2, 0.25) is 0 Å². The minimum absolute atomic E-state index is 0.0998. The molecule has 2 rings (SSSR count). The molecule has 0 radical (unpaired) electrons. The van der Waals surface area contributed by atoms with Gasteiger partial charge in [-0.05, 0) is 84.1 Å². The lowest BCUT2D eigenvalue weighted by Crippen LogP contribution is -2.10. The van der Waals surface area contributed by atoms with Crippen LogP contribution in [0.3, 0.4) is 0 Å². The van der Waals surface area contributed by atoms with Gasteiger partial charge >= 0.3 is 5.97 Å².